The molecule has 0 spiro atoms. The van der Waals surface area contributed by atoms with Crippen LogP contribution in [-0.4, -0.2) is 11.5 Å². The molecule has 1 aliphatic rings. The summed E-state index contributed by atoms with van der Waals surface area (Å²) < 4.78 is 0. The van der Waals surface area contributed by atoms with Gasteiger partial charge in [-0.05, 0) is 6.07 Å². The zero-order valence-electron chi connectivity index (χ0n) is 5.02. The van der Waals surface area contributed by atoms with Crippen molar-refractivity contribution in [1.82, 2.24) is 4.98 Å². The maximum Gasteiger partial charge on any atom is 0.0652 e. The molecular formula is C7H7N2. The first kappa shape index (κ1) is 4.79. The Kier molecular flexibility index (Phi) is 0.918. The summed E-state index contributed by atoms with van der Waals surface area (Å²) in [5.74, 6) is 0. The third-order valence-electron chi connectivity index (χ3n) is 1.51. The third-order valence-corrected chi connectivity index (χ3v) is 1.51. The van der Waals surface area contributed by atoms with Gasteiger partial charge in [-0.2, -0.15) is 0 Å². The molecule has 1 aromatic rings. The molecule has 0 aliphatic carbocycles. The van der Waals surface area contributed by atoms with Crippen LogP contribution in [0.2, 0.25) is 0 Å². The maximum atomic E-state index is 4.14. The van der Waals surface area contributed by atoms with E-state index in [0.717, 1.165) is 18.7 Å². The number of nitrogens with one attached hydrogen (secondary N) is 1. The first-order valence-electron chi connectivity index (χ1n) is 3.05. The lowest BCUT2D eigenvalue weighted by atomic mass is 10.3. The molecule has 1 radical (unpaired) electrons. The fraction of sp³-hybridized carbons (Fsp3) is 0.286. The monoisotopic (exact) mass is 119 g/mol. The summed E-state index contributed by atoms with van der Waals surface area (Å²) in [6, 6.07) is 4.86. The first-order valence-corrected chi connectivity index (χ1v) is 3.05. The van der Waals surface area contributed by atoms with Crippen molar-refractivity contribution in [1.29, 1.82) is 0 Å². The zero-order chi connectivity index (χ0) is 6.10. The summed E-state index contributed by atoms with van der Waals surface area (Å²) in [6.45, 7) is 1.03. The van der Waals surface area contributed by atoms with Gasteiger partial charge in [0.05, 0.1) is 11.4 Å². The summed E-state index contributed by atoms with van der Waals surface area (Å²) >= 11 is 0. The average molecular weight is 119 g/mol. The molecule has 9 heavy (non-hydrogen) atoms. The van der Waals surface area contributed by atoms with Crippen molar-refractivity contribution in [3.63, 3.8) is 0 Å². The van der Waals surface area contributed by atoms with E-state index in [4.69, 9.17) is 0 Å². The van der Waals surface area contributed by atoms with Gasteiger partial charge in [-0.3, -0.25) is 4.98 Å². The highest BCUT2D eigenvalue weighted by Crippen LogP contribution is 2.16. The number of fused-ring (bicyclic) bond motifs is 1. The van der Waals surface area contributed by atoms with Gasteiger partial charge in [0.15, 0.2) is 0 Å². The quantitative estimate of drug-likeness (QED) is 0.547. The Hall–Kier alpha value is -1.05. The van der Waals surface area contributed by atoms with Gasteiger partial charge in [0.2, 0.25) is 0 Å². The second-order valence-corrected chi connectivity index (χ2v) is 2.11. The maximum absolute atomic E-state index is 4.14. The lowest BCUT2D eigenvalue weighted by molar-refractivity contribution is 1.04. The Morgan fingerprint density at radius 3 is 3.56 bits per heavy atom. The highest BCUT2D eigenvalue weighted by molar-refractivity contribution is 5.50. The van der Waals surface area contributed by atoms with Crippen LogP contribution >= 0.6 is 0 Å². The predicted molar refractivity (Wildman–Crippen MR) is 35.3 cm³/mol. The van der Waals surface area contributed by atoms with Gasteiger partial charge in [-0.15, -0.1) is 0 Å². The van der Waals surface area contributed by atoms with Crippen LogP contribution in [0, 0.1) is 6.07 Å². The zero-order valence-corrected chi connectivity index (χ0v) is 5.02. The molecule has 2 heteroatoms. The second-order valence-electron chi connectivity index (χ2n) is 2.11. The minimum absolute atomic E-state index is 1.03. The summed E-state index contributed by atoms with van der Waals surface area (Å²) in [4.78, 5) is 4.14. The van der Waals surface area contributed by atoms with Crippen LogP contribution in [0.15, 0.2) is 12.3 Å². The fourth-order valence-corrected chi connectivity index (χ4v) is 1.06. The SMILES string of the molecule is [c]1cnc2c(c1)NCC2. The van der Waals surface area contributed by atoms with Crippen molar-refractivity contribution >= 4 is 5.69 Å². The molecule has 2 heterocycles. The van der Waals surface area contributed by atoms with Crippen molar-refractivity contribution in [2.24, 2.45) is 0 Å². The molecule has 0 unspecified atom stereocenters. The molecule has 0 aromatic carbocycles. The first-order chi connectivity index (χ1) is 4.47. The van der Waals surface area contributed by atoms with Crippen molar-refractivity contribution in [2.75, 3.05) is 11.9 Å². The molecule has 45 valence electrons. The molecule has 0 saturated carbocycles. The Morgan fingerprint density at radius 2 is 2.67 bits per heavy atom. The van der Waals surface area contributed by atoms with Crippen molar-refractivity contribution in [2.45, 2.75) is 6.42 Å². The van der Waals surface area contributed by atoms with E-state index in [2.05, 4.69) is 16.4 Å². The van der Waals surface area contributed by atoms with E-state index in [9.17, 15) is 0 Å². The lowest BCUT2D eigenvalue weighted by Crippen LogP contribution is -1.90. The van der Waals surface area contributed by atoms with Crippen LogP contribution in [0.3, 0.4) is 0 Å². The molecule has 2 nitrogen and oxygen atoms in total. The van der Waals surface area contributed by atoms with Gasteiger partial charge in [-0.1, -0.05) is 0 Å². The van der Waals surface area contributed by atoms with Crippen LogP contribution in [0.1, 0.15) is 5.69 Å². The molecule has 1 aliphatic heterocycles. The van der Waals surface area contributed by atoms with Crippen LogP contribution in [0.5, 0.6) is 0 Å². The summed E-state index contributed by atoms with van der Waals surface area (Å²) in [5, 5.41) is 3.21. The van der Waals surface area contributed by atoms with Crippen LogP contribution in [-0.2, 0) is 6.42 Å². The molecule has 1 aromatic heterocycles. The molecule has 1 N–H and O–H groups in total. The molecule has 0 bridgehead atoms. The van der Waals surface area contributed by atoms with E-state index in [1.165, 1.54) is 5.69 Å². The van der Waals surface area contributed by atoms with Gasteiger partial charge < -0.3 is 5.32 Å². The second kappa shape index (κ2) is 1.72. The van der Waals surface area contributed by atoms with Crippen molar-refractivity contribution in [3.8, 4) is 0 Å². The number of nitrogens with zero attached hydrogens (tertiary/aromatic N) is 1. The fourth-order valence-electron chi connectivity index (χ4n) is 1.06. The van der Waals surface area contributed by atoms with E-state index in [1.807, 2.05) is 6.07 Å². The number of aromatic nitrogens is 1. The van der Waals surface area contributed by atoms with Crippen LogP contribution in [0.4, 0.5) is 5.69 Å². The molecule has 0 saturated heterocycles. The highest BCUT2D eigenvalue weighted by Gasteiger charge is 2.07. The van der Waals surface area contributed by atoms with Crippen molar-refractivity contribution < 1.29 is 0 Å². The number of pyridine rings is 1. The lowest BCUT2D eigenvalue weighted by Gasteiger charge is -1.93. The van der Waals surface area contributed by atoms with E-state index in [1.54, 1.807) is 6.20 Å². The Labute approximate surface area is 53.9 Å². The van der Waals surface area contributed by atoms with E-state index >= 15 is 0 Å². The van der Waals surface area contributed by atoms with E-state index in [-0.39, 0.29) is 0 Å². The smallest absolute Gasteiger partial charge is 0.0652 e. The molecule has 0 fully saturated rings. The van der Waals surface area contributed by atoms with Crippen LogP contribution in [0.25, 0.3) is 0 Å². The molecule has 0 atom stereocenters. The number of hydrogen-bond donors (Lipinski definition) is 1. The normalized spacial score (nSPS) is 14.7. The summed E-state index contributed by atoms with van der Waals surface area (Å²) in [7, 11) is 0. The highest BCUT2D eigenvalue weighted by atomic mass is 14.9. The molecular weight excluding hydrogens is 112 g/mol. The minimum atomic E-state index is 1.03. The minimum Gasteiger partial charge on any atom is -0.383 e. The Bertz CT molecular complexity index is 197. The molecule has 2 rings (SSSR count). The van der Waals surface area contributed by atoms with Gasteiger partial charge in [0.25, 0.3) is 0 Å². The predicted octanol–water partition coefficient (Wildman–Crippen LogP) is 0.850. The topological polar surface area (TPSA) is 24.9 Å². The average Bonchev–Trinajstić information content (AvgIpc) is 2.33. The summed E-state index contributed by atoms with van der Waals surface area (Å²) in [5.41, 5.74) is 2.33. The largest absolute Gasteiger partial charge is 0.383 e. The number of anilines is 1. The standard InChI is InChI=1S/C7H7N2/c1-2-6-7(8-4-1)3-5-9-6/h2,4,9H,3,5H2. The number of rotatable bonds is 0. The molecule has 0 amide bonds. The van der Waals surface area contributed by atoms with Gasteiger partial charge in [-0.25, -0.2) is 0 Å². The van der Waals surface area contributed by atoms with Crippen molar-refractivity contribution in [3.05, 3.63) is 24.0 Å². The van der Waals surface area contributed by atoms with Crippen LogP contribution < -0.4 is 5.32 Å². The van der Waals surface area contributed by atoms with E-state index < -0.39 is 0 Å². The Morgan fingerprint density at radius 1 is 1.67 bits per heavy atom. The van der Waals surface area contributed by atoms with Gasteiger partial charge in [0.1, 0.15) is 0 Å². The van der Waals surface area contributed by atoms with E-state index in [0.29, 0.717) is 0 Å². The van der Waals surface area contributed by atoms with Gasteiger partial charge >= 0.3 is 0 Å². The third kappa shape index (κ3) is 0.669. The number of hydrogen-bond acceptors (Lipinski definition) is 2. The van der Waals surface area contributed by atoms with Gasteiger partial charge in [0, 0.05) is 25.2 Å². The Balaban J connectivity index is 2.54. The summed E-state index contributed by atoms with van der Waals surface area (Å²) in [6.07, 6.45) is 2.77.